The number of amides is 2. The molecular weight excluding hydrogens is 274 g/mol. The molecule has 1 fully saturated rings. The number of hydrogen-bond acceptors (Lipinski definition) is 3. The van der Waals surface area contributed by atoms with Gasteiger partial charge in [-0.05, 0) is 18.6 Å². The number of rotatable bonds is 3. The van der Waals surface area contributed by atoms with Crippen LogP contribution in [0.2, 0.25) is 0 Å². The Hall–Kier alpha value is -1.95. The zero-order valence-corrected chi connectivity index (χ0v) is 12.1. The van der Waals surface area contributed by atoms with Crippen LogP contribution in [-0.4, -0.2) is 40.8 Å². The van der Waals surface area contributed by atoms with Crippen LogP contribution in [0.4, 0.5) is 0 Å². The summed E-state index contributed by atoms with van der Waals surface area (Å²) in [5.41, 5.74) is 6.87. The third-order valence-corrected chi connectivity index (χ3v) is 3.53. The first kappa shape index (κ1) is 14.5. The van der Waals surface area contributed by atoms with E-state index in [1.807, 2.05) is 0 Å². The molecule has 1 aliphatic rings. The third kappa shape index (κ3) is 3.33. The SMILES string of the molecule is CC(=O)NC1CCN(C(=O)c2ccc(C(N)=S)cc2)C1. The van der Waals surface area contributed by atoms with E-state index in [9.17, 15) is 9.59 Å². The molecule has 0 bridgehead atoms. The van der Waals surface area contributed by atoms with Crippen molar-refractivity contribution in [3.63, 3.8) is 0 Å². The van der Waals surface area contributed by atoms with Gasteiger partial charge in [0.2, 0.25) is 5.91 Å². The van der Waals surface area contributed by atoms with E-state index in [-0.39, 0.29) is 17.9 Å². The second kappa shape index (κ2) is 6.00. The maximum atomic E-state index is 12.3. The summed E-state index contributed by atoms with van der Waals surface area (Å²) in [7, 11) is 0. The van der Waals surface area contributed by atoms with Crippen molar-refractivity contribution in [3.8, 4) is 0 Å². The Morgan fingerprint density at radius 2 is 1.90 bits per heavy atom. The lowest BCUT2D eigenvalue weighted by Gasteiger charge is -2.17. The fourth-order valence-corrected chi connectivity index (χ4v) is 2.45. The maximum Gasteiger partial charge on any atom is 0.253 e. The Morgan fingerprint density at radius 3 is 2.45 bits per heavy atom. The molecule has 1 heterocycles. The van der Waals surface area contributed by atoms with Crippen LogP contribution in [0.25, 0.3) is 0 Å². The van der Waals surface area contributed by atoms with Gasteiger partial charge < -0.3 is 16.0 Å². The third-order valence-electron chi connectivity index (χ3n) is 3.30. The summed E-state index contributed by atoms with van der Waals surface area (Å²) in [6.45, 7) is 2.69. The van der Waals surface area contributed by atoms with E-state index < -0.39 is 0 Å². The average molecular weight is 291 g/mol. The fourth-order valence-electron chi connectivity index (χ4n) is 2.31. The summed E-state index contributed by atoms with van der Waals surface area (Å²) in [6.07, 6.45) is 0.788. The van der Waals surface area contributed by atoms with Crippen molar-refractivity contribution in [1.29, 1.82) is 0 Å². The highest BCUT2D eigenvalue weighted by Crippen LogP contribution is 2.14. The molecule has 1 saturated heterocycles. The molecule has 2 rings (SSSR count). The predicted molar refractivity (Wildman–Crippen MR) is 80.5 cm³/mol. The van der Waals surface area contributed by atoms with Gasteiger partial charge in [-0.2, -0.15) is 0 Å². The molecule has 0 saturated carbocycles. The first-order valence-electron chi connectivity index (χ1n) is 6.43. The number of nitrogens with one attached hydrogen (secondary N) is 1. The number of hydrogen-bond donors (Lipinski definition) is 2. The minimum absolute atomic E-state index is 0.0349. The van der Waals surface area contributed by atoms with Gasteiger partial charge in [0.15, 0.2) is 0 Å². The van der Waals surface area contributed by atoms with Crippen molar-refractivity contribution in [2.24, 2.45) is 5.73 Å². The average Bonchev–Trinajstić information content (AvgIpc) is 2.85. The summed E-state index contributed by atoms with van der Waals surface area (Å²) in [4.78, 5) is 25.4. The zero-order chi connectivity index (χ0) is 14.7. The highest BCUT2D eigenvalue weighted by atomic mass is 32.1. The van der Waals surface area contributed by atoms with Crippen LogP contribution in [0, 0.1) is 0 Å². The van der Waals surface area contributed by atoms with E-state index in [0.29, 0.717) is 23.6 Å². The number of carbonyl (C=O) groups is 2. The van der Waals surface area contributed by atoms with Gasteiger partial charge in [-0.25, -0.2) is 0 Å². The van der Waals surface area contributed by atoms with E-state index >= 15 is 0 Å². The van der Waals surface area contributed by atoms with Crippen LogP contribution < -0.4 is 11.1 Å². The Morgan fingerprint density at radius 1 is 1.30 bits per heavy atom. The standard InChI is InChI=1S/C14H17N3O2S/c1-9(18)16-12-6-7-17(8-12)14(19)11-4-2-10(3-5-11)13(15)20/h2-5,12H,6-8H2,1H3,(H2,15,20)(H,16,18). The van der Waals surface area contributed by atoms with Crippen LogP contribution >= 0.6 is 12.2 Å². The molecule has 1 aromatic carbocycles. The second-order valence-electron chi connectivity index (χ2n) is 4.88. The molecule has 5 nitrogen and oxygen atoms in total. The zero-order valence-electron chi connectivity index (χ0n) is 11.3. The number of carbonyl (C=O) groups excluding carboxylic acids is 2. The number of thiocarbonyl (C=S) groups is 1. The van der Waals surface area contributed by atoms with E-state index in [4.69, 9.17) is 18.0 Å². The van der Waals surface area contributed by atoms with Crippen LogP contribution in [0.5, 0.6) is 0 Å². The summed E-state index contributed by atoms with van der Waals surface area (Å²) in [5, 5.41) is 2.84. The number of nitrogens with zero attached hydrogens (tertiary/aromatic N) is 1. The van der Waals surface area contributed by atoms with Gasteiger partial charge in [-0.15, -0.1) is 0 Å². The van der Waals surface area contributed by atoms with Crippen molar-refractivity contribution in [1.82, 2.24) is 10.2 Å². The molecule has 0 spiro atoms. The minimum Gasteiger partial charge on any atom is -0.389 e. The number of likely N-dealkylation sites (tertiary alicyclic amines) is 1. The predicted octanol–water partition coefficient (Wildman–Crippen LogP) is 0.671. The molecule has 20 heavy (non-hydrogen) atoms. The quantitative estimate of drug-likeness (QED) is 0.803. The van der Waals surface area contributed by atoms with E-state index in [1.165, 1.54) is 6.92 Å². The molecule has 1 aromatic rings. The smallest absolute Gasteiger partial charge is 0.253 e. The molecule has 0 aromatic heterocycles. The largest absolute Gasteiger partial charge is 0.389 e. The van der Waals surface area contributed by atoms with Gasteiger partial charge >= 0.3 is 0 Å². The molecule has 106 valence electrons. The normalized spacial score (nSPS) is 17.9. The Labute approximate surface area is 123 Å². The lowest BCUT2D eigenvalue weighted by atomic mass is 10.1. The van der Waals surface area contributed by atoms with Gasteiger partial charge in [0.05, 0.1) is 0 Å². The molecule has 2 amide bonds. The van der Waals surface area contributed by atoms with E-state index in [2.05, 4.69) is 5.32 Å². The Bertz CT molecular complexity index is 542. The van der Waals surface area contributed by atoms with Gasteiger partial charge in [0, 0.05) is 37.2 Å². The first-order chi connectivity index (χ1) is 9.47. The maximum absolute atomic E-state index is 12.3. The van der Waals surface area contributed by atoms with E-state index in [0.717, 1.165) is 12.0 Å². The lowest BCUT2D eigenvalue weighted by Crippen LogP contribution is -2.37. The molecule has 3 N–H and O–H groups in total. The second-order valence-corrected chi connectivity index (χ2v) is 5.32. The van der Waals surface area contributed by atoms with Crippen molar-refractivity contribution in [2.75, 3.05) is 13.1 Å². The van der Waals surface area contributed by atoms with Gasteiger partial charge in [0.1, 0.15) is 4.99 Å². The summed E-state index contributed by atoms with van der Waals surface area (Å²) in [5.74, 6) is -0.0996. The number of benzene rings is 1. The Balaban J connectivity index is 2.01. The molecular formula is C14H17N3O2S. The molecule has 1 atom stereocenters. The van der Waals surface area contributed by atoms with Crippen molar-refractivity contribution >= 4 is 29.0 Å². The topological polar surface area (TPSA) is 75.4 Å². The summed E-state index contributed by atoms with van der Waals surface area (Å²) < 4.78 is 0. The van der Waals surface area contributed by atoms with E-state index in [1.54, 1.807) is 29.2 Å². The highest BCUT2D eigenvalue weighted by Gasteiger charge is 2.27. The highest BCUT2D eigenvalue weighted by molar-refractivity contribution is 7.80. The Kier molecular flexibility index (Phi) is 4.34. The van der Waals surface area contributed by atoms with Crippen LogP contribution in [0.1, 0.15) is 29.3 Å². The number of nitrogens with two attached hydrogens (primary N) is 1. The van der Waals surface area contributed by atoms with Gasteiger partial charge in [-0.1, -0.05) is 24.4 Å². The first-order valence-corrected chi connectivity index (χ1v) is 6.84. The summed E-state index contributed by atoms with van der Waals surface area (Å²) >= 11 is 4.88. The molecule has 0 radical (unpaired) electrons. The lowest BCUT2D eigenvalue weighted by molar-refractivity contribution is -0.119. The monoisotopic (exact) mass is 291 g/mol. The van der Waals surface area contributed by atoms with Crippen LogP contribution in [-0.2, 0) is 4.79 Å². The van der Waals surface area contributed by atoms with Crippen LogP contribution in [0.3, 0.4) is 0 Å². The molecule has 6 heteroatoms. The molecule has 1 aliphatic heterocycles. The van der Waals surface area contributed by atoms with Crippen molar-refractivity contribution in [3.05, 3.63) is 35.4 Å². The van der Waals surface area contributed by atoms with Crippen LogP contribution in [0.15, 0.2) is 24.3 Å². The van der Waals surface area contributed by atoms with Gasteiger partial charge in [0.25, 0.3) is 5.91 Å². The molecule has 1 unspecified atom stereocenters. The molecule has 0 aliphatic carbocycles. The van der Waals surface area contributed by atoms with Crippen molar-refractivity contribution in [2.45, 2.75) is 19.4 Å². The summed E-state index contributed by atoms with van der Waals surface area (Å²) in [6, 6.07) is 6.99. The van der Waals surface area contributed by atoms with Crippen molar-refractivity contribution < 1.29 is 9.59 Å². The minimum atomic E-state index is -0.0647. The fraction of sp³-hybridized carbons (Fsp3) is 0.357. The van der Waals surface area contributed by atoms with Gasteiger partial charge in [-0.3, -0.25) is 9.59 Å².